The Labute approximate surface area is 115 Å². The van der Waals surface area contributed by atoms with Crippen molar-refractivity contribution in [2.45, 2.75) is 6.92 Å². The molecule has 0 bridgehead atoms. The lowest BCUT2D eigenvalue weighted by Crippen LogP contribution is -2.14. The second-order valence-electron chi connectivity index (χ2n) is 4.30. The van der Waals surface area contributed by atoms with Crippen molar-refractivity contribution in [1.29, 1.82) is 0 Å². The Morgan fingerprint density at radius 2 is 2.00 bits per heavy atom. The fourth-order valence-corrected chi connectivity index (χ4v) is 1.78. The first-order valence-corrected chi connectivity index (χ1v) is 5.96. The minimum absolute atomic E-state index is 0.0710. The van der Waals surface area contributed by atoms with Gasteiger partial charge < -0.3 is 15.2 Å². The van der Waals surface area contributed by atoms with Crippen LogP contribution in [0.4, 0.5) is 10.1 Å². The van der Waals surface area contributed by atoms with Crippen molar-refractivity contribution in [3.63, 3.8) is 0 Å². The number of phenols is 1. The lowest BCUT2D eigenvalue weighted by Gasteiger charge is -2.10. The van der Waals surface area contributed by atoms with Gasteiger partial charge in [-0.1, -0.05) is 0 Å². The molecule has 0 aliphatic carbocycles. The number of hydrogen-bond donors (Lipinski definition) is 2. The Hall–Kier alpha value is -2.56. The SMILES string of the molecule is COc1ccc(C(=O)Nc2ccc(O)cc2C)c(F)c1. The van der Waals surface area contributed by atoms with Crippen LogP contribution in [0.15, 0.2) is 36.4 Å². The Morgan fingerprint density at radius 1 is 1.25 bits per heavy atom. The number of amides is 1. The summed E-state index contributed by atoms with van der Waals surface area (Å²) in [6, 6.07) is 8.55. The minimum Gasteiger partial charge on any atom is -0.508 e. The molecule has 4 nitrogen and oxygen atoms in total. The predicted octanol–water partition coefficient (Wildman–Crippen LogP) is 3.10. The van der Waals surface area contributed by atoms with Gasteiger partial charge in [-0.3, -0.25) is 4.79 Å². The number of carbonyl (C=O) groups excluding carboxylic acids is 1. The van der Waals surface area contributed by atoms with E-state index in [2.05, 4.69) is 5.32 Å². The maximum atomic E-state index is 13.8. The fourth-order valence-electron chi connectivity index (χ4n) is 1.78. The summed E-state index contributed by atoms with van der Waals surface area (Å²) in [4.78, 5) is 12.0. The average Bonchev–Trinajstić information content (AvgIpc) is 2.41. The van der Waals surface area contributed by atoms with E-state index in [1.807, 2.05) is 0 Å². The molecule has 104 valence electrons. The summed E-state index contributed by atoms with van der Waals surface area (Å²) < 4.78 is 18.7. The van der Waals surface area contributed by atoms with Crippen LogP contribution in [0, 0.1) is 12.7 Å². The van der Waals surface area contributed by atoms with Crippen molar-refractivity contribution in [2.75, 3.05) is 12.4 Å². The van der Waals surface area contributed by atoms with Crippen molar-refractivity contribution < 1.29 is 19.0 Å². The number of benzene rings is 2. The third-order valence-electron chi connectivity index (χ3n) is 2.88. The molecule has 1 amide bonds. The summed E-state index contributed by atoms with van der Waals surface area (Å²) >= 11 is 0. The molecule has 2 rings (SSSR count). The molecule has 0 fully saturated rings. The summed E-state index contributed by atoms with van der Waals surface area (Å²) in [5.74, 6) is -0.756. The van der Waals surface area contributed by atoms with Gasteiger partial charge in [-0.15, -0.1) is 0 Å². The summed E-state index contributed by atoms with van der Waals surface area (Å²) in [6.45, 7) is 1.74. The molecule has 0 radical (unpaired) electrons. The standard InChI is InChI=1S/C15H14FNO3/c1-9-7-10(18)3-6-14(9)17-15(19)12-5-4-11(20-2)8-13(12)16/h3-8,18H,1-2H3,(H,17,19). The Morgan fingerprint density at radius 3 is 2.60 bits per heavy atom. The molecule has 0 unspecified atom stereocenters. The van der Waals surface area contributed by atoms with Crippen molar-refractivity contribution in [1.82, 2.24) is 0 Å². The first kappa shape index (κ1) is 13.9. The topological polar surface area (TPSA) is 58.6 Å². The van der Waals surface area contributed by atoms with E-state index in [4.69, 9.17) is 4.74 Å². The molecule has 0 spiro atoms. The van der Waals surface area contributed by atoms with E-state index in [1.165, 1.54) is 31.4 Å². The zero-order valence-corrected chi connectivity index (χ0v) is 11.1. The quantitative estimate of drug-likeness (QED) is 0.846. The van der Waals surface area contributed by atoms with Gasteiger partial charge in [0.15, 0.2) is 0 Å². The first-order valence-electron chi connectivity index (χ1n) is 5.96. The number of phenolic OH excluding ortho intramolecular Hbond substituents is 1. The lowest BCUT2D eigenvalue weighted by molar-refractivity contribution is 0.102. The first-order chi connectivity index (χ1) is 9.51. The lowest BCUT2D eigenvalue weighted by atomic mass is 10.1. The molecule has 0 aliphatic heterocycles. The molecule has 5 heteroatoms. The van der Waals surface area contributed by atoms with Crippen molar-refractivity contribution in [2.24, 2.45) is 0 Å². The van der Waals surface area contributed by atoms with Crippen LogP contribution in [0.2, 0.25) is 0 Å². The van der Waals surface area contributed by atoms with Gasteiger partial charge in [-0.25, -0.2) is 4.39 Å². The smallest absolute Gasteiger partial charge is 0.258 e. The molecule has 2 aromatic rings. The number of aryl methyl sites for hydroxylation is 1. The third-order valence-corrected chi connectivity index (χ3v) is 2.88. The Kier molecular flexibility index (Phi) is 3.89. The molecule has 0 saturated carbocycles. The van der Waals surface area contributed by atoms with E-state index >= 15 is 0 Å². The largest absolute Gasteiger partial charge is 0.508 e. The average molecular weight is 275 g/mol. The van der Waals surface area contributed by atoms with Crippen LogP contribution in [0.1, 0.15) is 15.9 Å². The molecule has 0 atom stereocenters. The normalized spacial score (nSPS) is 10.2. The van der Waals surface area contributed by atoms with Crippen molar-refractivity contribution >= 4 is 11.6 Å². The molecule has 20 heavy (non-hydrogen) atoms. The monoisotopic (exact) mass is 275 g/mol. The maximum Gasteiger partial charge on any atom is 0.258 e. The van der Waals surface area contributed by atoms with Crippen LogP contribution in [-0.2, 0) is 0 Å². The number of methoxy groups -OCH3 is 1. The van der Waals surface area contributed by atoms with Gasteiger partial charge in [-0.05, 0) is 42.8 Å². The van der Waals surface area contributed by atoms with E-state index in [9.17, 15) is 14.3 Å². The number of nitrogens with one attached hydrogen (secondary N) is 1. The zero-order chi connectivity index (χ0) is 14.7. The molecule has 2 aromatic carbocycles. The van der Waals surface area contributed by atoms with Gasteiger partial charge in [-0.2, -0.15) is 0 Å². The number of aromatic hydroxyl groups is 1. The van der Waals surface area contributed by atoms with E-state index < -0.39 is 11.7 Å². The number of anilines is 1. The maximum absolute atomic E-state index is 13.8. The number of ether oxygens (including phenoxy) is 1. The van der Waals surface area contributed by atoms with E-state index in [0.29, 0.717) is 17.0 Å². The summed E-state index contributed by atoms with van der Waals surface area (Å²) in [6.07, 6.45) is 0. The molecule has 2 N–H and O–H groups in total. The molecule has 0 heterocycles. The van der Waals surface area contributed by atoms with E-state index in [1.54, 1.807) is 13.0 Å². The molecule has 0 saturated heterocycles. The Bertz CT molecular complexity index is 656. The second kappa shape index (κ2) is 5.61. The summed E-state index contributed by atoms with van der Waals surface area (Å²) in [5.41, 5.74) is 1.13. The highest BCUT2D eigenvalue weighted by molar-refractivity contribution is 6.04. The van der Waals surface area contributed by atoms with Crippen LogP contribution >= 0.6 is 0 Å². The van der Waals surface area contributed by atoms with Crippen molar-refractivity contribution in [3.05, 3.63) is 53.3 Å². The molecular formula is C15H14FNO3. The summed E-state index contributed by atoms with van der Waals surface area (Å²) in [7, 11) is 1.42. The van der Waals surface area contributed by atoms with Gasteiger partial charge >= 0.3 is 0 Å². The molecular weight excluding hydrogens is 261 g/mol. The number of hydrogen-bond acceptors (Lipinski definition) is 3. The predicted molar refractivity (Wildman–Crippen MR) is 73.7 cm³/mol. The fraction of sp³-hybridized carbons (Fsp3) is 0.133. The highest BCUT2D eigenvalue weighted by Crippen LogP contribution is 2.22. The summed E-state index contributed by atoms with van der Waals surface area (Å²) in [5, 5.41) is 11.9. The minimum atomic E-state index is -0.654. The van der Waals surface area contributed by atoms with Gasteiger partial charge in [0.2, 0.25) is 0 Å². The zero-order valence-electron chi connectivity index (χ0n) is 11.1. The van der Waals surface area contributed by atoms with Crippen LogP contribution in [0.25, 0.3) is 0 Å². The van der Waals surface area contributed by atoms with E-state index in [0.717, 1.165) is 6.07 Å². The molecule has 0 aromatic heterocycles. The van der Waals surface area contributed by atoms with Crippen LogP contribution < -0.4 is 10.1 Å². The highest BCUT2D eigenvalue weighted by atomic mass is 19.1. The van der Waals surface area contributed by atoms with Gasteiger partial charge in [0.25, 0.3) is 5.91 Å². The van der Waals surface area contributed by atoms with Gasteiger partial charge in [0, 0.05) is 11.8 Å². The van der Waals surface area contributed by atoms with Crippen molar-refractivity contribution in [3.8, 4) is 11.5 Å². The van der Waals surface area contributed by atoms with Crippen LogP contribution in [0.5, 0.6) is 11.5 Å². The number of halogens is 1. The van der Waals surface area contributed by atoms with Crippen LogP contribution in [-0.4, -0.2) is 18.1 Å². The van der Waals surface area contributed by atoms with E-state index in [-0.39, 0.29) is 11.3 Å². The second-order valence-corrected chi connectivity index (χ2v) is 4.30. The van der Waals surface area contributed by atoms with Gasteiger partial charge in [0.05, 0.1) is 12.7 Å². The highest BCUT2D eigenvalue weighted by Gasteiger charge is 2.13. The number of carbonyl (C=O) groups is 1. The number of rotatable bonds is 3. The Balaban J connectivity index is 2.24. The molecule has 0 aliphatic rings. The van der Waals surface area contributed by atoms with Gasteiger partial charge in [0.1, 0.15) is 17.3 Å². The third kappa shape index (κ3) is 2.88. The van der Waals surface area contributed by atoms with Crippen LogP contribution in [0.3, 0.4) is 0 Å².